The highest BCUT2D eigenvalue weighted by molar-refractivity contribution is 5.73. The largest absolute Gasteiger partial charge is 0.467 e. The summed E-state index contributed by atoms with van der Waals surface area (Å²) in [5, 5.41) is 9.48. The summed E-state index contributed by atoms with van der Waals surface area (Å²) in [6, 6.07) is 3.29. The first-order chi connectivity index (χ1) is 11.3. The van der Waals surface area contributed by atoms with E-state index in [1.807, 2.05) is 0 Å². The Morgan fingerprint density at radius 1 is 1.17 bits per heavy atom. The van der Waals surface area contributed by atoms with Gasteiger partial charge in [0, 0.05) is 5.92 Å². The van der Waals surface area contributed by atoms with Crippen molar-refractivity contribution in [3.8, 4) is 0 Å². The van der Waals surface area contributed by atoms with Gasteiger partial charge in [-0.2, -0.15) is 4.98 Å². The lowest BCUT2D eigenvalue weighted by Crippen LogP contribution is -2.34. The Balaban J connectivity index is 1.44. The van der Waals surface area contributed by atoms with Crippen molar-refractivity contribution in [3.05, 3.63) is 35.9 Å². The van der Waals surface area contributed by atoms with E-state index >= 15 is 0 Å². The van der Waals surface area contributed by atoms with Crippen LogP contribution in [0.3, 0.4) is 0 Å². The van der Waals surface area contributed by atoms with Gasteiger partial charge in [0.05, 0.1) is 19.4 Å². The summed E-state index contributed by atoms with van der Waals surface area (Å²) in [6.45, 7) is 0.569. The smallest absolute Gasteiger partial charge is 0.315 e. The molecule has 2 aromatic rings. The van der Waals surface area contributed by atoms with Gasteiger partial charge in [0.15, 0.2) is 5.82 Å². The van der Waals surface area contributed by atoms with Gasteiger partial charge in [-0.1, -0.05) is 30.8 Å². The second-order valence-corrected chi connectivity index (χ2v) is 5.85. The third-order valence-electron chi connectivity index (χ3n) is 4.11. The highest BCUT2D eigenvalue weighted by atomic mass is 16.5. The molecule has 0 radical (unpaired) electrons. The first kappa shape index (κ1) is 15.6. The van der Waals surface area contributed by atoms with Crippen LogP contribution in [-0.2, 0) is 13.1 Å². The molecule has 2 aromatic heterocycles. The zero-order valence-corrected chi connectivity index (χ0v) is 13.1. The van der Waals surface area contributed by atoms with E-state index < -0.39 is 0 Å². The molecule has 7 nitrogen and oxygen atoms in total. The topological polar surface area (TPSA) is 93.2 Å². The summed E-state index contributed by atoms with van der Waals surface area (Å²) in [5.74, 6) is 2.31. The molecule has 0 unspecified atom stereocenters. The molecule has 0 atom stereocenters. The van der Waals surface area contributed by atoms with Gasteiger partial charge in [0.1, 0.15) is 5.76 Å². The molecule has 0 spiro atoms. The Morgan fingerprint density at radius 2 is 1.96 bits per heavy atom. The van der Waals surface area contributed by atoms with Crippen LogP contribution < -0.4 is 10.6 Å². The SMILES string of the molecule is O=C(NCc1ccco1)NCc1nc(C2CCCCCC2)no1. The van der Waals surface area contributed by atoms with E-state index in [0.717, 1.165) is 18.7 Å². The molecular formula is C16H22N4O3. The third-order valence-corrected chi connectivity index (χ3v) is 4.11. The van der Waals surface area contributed by atoms with Crippen molar-refractivity contribution in [3.63, 3.8) is 0 Å². The number of nitrogens with one attached hydrogen (secondary N) is 2. The Hall–Kier alpha value is -2.31. The van der Waals surface area contributed by atoms with Crippen molar-refractivity contribution in [2.45, 2.75) is 57.5 Å². The number of urea groups is 1. The van der Waals surface area contributed by atoms with Gasteiger partial charge in [-0.25, -0.2) is 4.79 Å². The molecule has 0 aromatic carbocycles. The monoisotopic (exact) mass is 318 g/mol. The van der Waals surface area contributed by atoms with Gasteiger partial charge in [-0.05, 0) is 25.0 Å². The molecule has 1 saturated carbocycles. The summed E-state index contributed by atoms with van der Waals surface area (Å²) in [5.41, 5.74) is 0. The molecule has 7 heteroatoms. The average molecular weight is 318 g/mol. The molecule has 1 aliphatic carbocycles. The van der Waals surface area contributed by atoms with Crippen LogP contribution in [0.25, 0.3) is 0 Å². The number of hydrogen-bond acceptors (Lipinski definition) is 5. The zero-order chi connectivity index (χ0) is 15.9. The molecule has 1 fully saturated rings. The quantitative estimate of drug-likeness (QED) is 0.826. The second-order valence-electron chi connectivity index (χ2n) is 5.85. The zero-order valence-electron chi connectivity index (χ0n) is 13.1. The van der Waals surface area contributed by atoms with E-state index in [1.165, 1.54) is 25.7 Å². The summed E-state index contributed by atoms with van der Waals surface area (Å²) in [7, 11) is 0. The molecule has 0 bridgehead atoms. The van der Waals surface area contributed by atoms with Crippen LogP contribution in [0.15, 0.2) is 27.3 Å². The fourth-order valence-corrected chi connectivity index (χ4v) is 2.84. The van der Waals surface area contributed by atoms with Crippen LogP contribution in [-0.4, -0.2) is 16.2 Å². The van der Waals surface area contributed by atoms with Gasteiger partial charge in [0.2, 0.25) is 5.89 Å². The predicted octanol–water partition coefficient (Wildman–Crippen LogP) is 3.10. The number of furan rings is 1. The minimum Gasteiger partial charge on any atom is -0.467 e. The van der Waals surface area contributed by atoms with Crippen LogP contribution in [0.1, 0.15) is 61.9 Å². The van der Waals surface area contributed by atoms with Crippen molar-refractivity contribution < 1.29 is 13.7 Å². The van der Waals surface area contributed by atoms with E-state index in [0.29, 0.717) is 24.1 Å². The van der Waals surface area contributed by atoms with Gasteiger partial charge in [0.25, 0.3) is 0 Å². The molecule has 2 heterocycles. The number of carbonyl (C=O) groups excluding carboxylic acids is 1. The predicted molar refractivity (Wildman–Crippen MR) is 82.5 cm³/mol. The van der Waals surface area contributed by atoms with Crippen LogP contribution in [0.5, 0.6) is 0 Å². The Kier molecular flexibility index (Phi) is 5.29. The average Bonchev–Trinajstić information content (AvgIpc) is 3.18. The minimum absolute atomic E-state index is 0.226. The van der Waals surface area contributed by atoms with Gasteiger partial charge < -0.3 is 19.6 Å². The van der Waals surface area contributed by atoms with E-state index in [9.17, 15) is 4.79 Å². The highest BCUT2D eigenvalue weighted by Gasteiger charge is 2.20. The normalized spacial score (nSPS) is 16.0. The van der Waals surface area contributed by atoms with E-state index in [1.54, 1.807) is 18.4 Å². The summed E-state index contributed by atoms with van der Waals surface area (Å²) < 4.78 is 10.4. The van der Waals surface area contributed by atoms with E-state index in [4.69, 9.17) is 8.94 Å². The molecule has 0 aliphatic heterocycles. The number of aromatic nitrogens is 2. The summed E-state index contributed by atoms with van der Waals surface area (Å²) in [4.78, 5) is 16.1. The highest BCUT2D eigenvalue weighted by Crippen LogP contribution is 2.29. The standard InChI is InChI=1S/C16H22N4O3/c21-16(17-10-13-8-5-9-22-13)18-11-14-19-15(20-23-14)12-6-3-1-2-4-7-12/h5,8-9,12H,1-4,6-7,10-11H2,(H2,17,18,21). The minimum atomic E-state index is -0.296. The van der Waals surface area contributed by atoms with Gasteiger partial charge >= 0.3 is 6.03 Å². The first-order valence-electron chi connectivity index (χ1n) is 8.18. The molecule has 2 N–H and O–H groups in total. The molecule has 124 valence electrons. The molecule has 2 amide bonds. The van der Waals surface area contributed by atoms with Crippen molar-refractivity contribution in [2.24, 2.45) is 0 Å². The van der Waals surface area contributed by atoms with E-state index in [2.05, 4.69) is 20.8 Å². The number of rotatable bonds is 5. The molecule has 1 aliphatic rings. The lowest BCUT2D eigenvalue weighted by atomic mass is 10.00. The molecule has 23 heavy (non-hydrogen) atoms. The maximum Gasteiger partial charge on any atom is 0.315 e. The molecule has 3 rings (SSSR count). The van der Waals surface area contributed by atoms with Crippen molar-refractivity contribution in [2.75, 3.05) is 0 Å². The lowest BCUT2D eigenvalue weighted by molar-refractivity contribution is 0.237. The maximum atomic E-state index is 11.7. The Labute approximate surface area is 134 Å². The van der Waals surface area contributed by atoms with Crippen LogP contribution >= 0.6 is 0 Å². The van der Waals surface area contributed by atoms with Gasteiger partial charge in [-0.15, -0.1) is 0 Å². The van der Waals surface area contributed by atoms with Crippen LogP contribution in [0, 0.1) is 0 Å². The Morgan fingerprint density at radius 3 is 2.70 bits per heavy atom. The fraction of sp³-hybridized carbons (Fsp3) is 0.562. The van der Waals surface area contributed by atoms with E-state index in [-0.39, 0.29) is 12.6 Å². The Bertz CT molecular complexity index is 601. The van der Waals surface area contributed by atoms with Gasteiger partial charge in [-0.3, -0.25) is 0 Å². The number of amides is 2. The second kappa shape index (κ2) is 7.80. The van der Waals surface area contributed by atoms with Crippen molar-refractivity contribution in [1.29, 1.82) is 0 Å². The maximum absolute atomic E-state index is 11.7. The van der Waals surface area contributed by atoms with Crippen molar-refractivity contribution in [1.82, 2.24) is 20.8 Å². The lowest BCUT2D eigenvalue weighted by Gasteiger charge is -2.07. The number of nitrogens with zero attached hydrogens (tertiary/aromatic N) is 2. The van der Waals surface area contributed by atoms with Crippen LogP contribution in [0.2, 0.25) is 0 Å². The fourth-order valence-electron chi connectivity index (χ4n) is 2.84. The van der Waals surface area contributed by atoms with Crippen molar-refractivity contribution >= 4 is 6.03 Å². The third kappa shape index (κ3) is 4.58. The number of hydrogen-bond donors (Lipinski definition) is 2. The summed E-state index contributed by atoms with van der Waals surface area (Å²) >= 11 is 0. The first-order valence-corrected chi connectivity index (χ1v) is 8.18. The van der Waals surface area contributed by atoms with Crippen LogP contribution in [0.4, 0.5) is 4.79 Å². The molecular weight excluding hydrogens is 296 g/mol. The molecule has 0 saturated heterocycles. The summed E-state index contributed by atoms with van der Waals surface area (Å²) in [6.07, 6.45) is 8.84. The number of carbonyl (C=O) groups is 1.